The Kier molecular flexibility index (Phi) is 9.06. The topological polar surface area (TPSA) is 101 Å². The van der Waals surface area contributed by atoms with Crippen LogP contribution >= 0.6 is 11.6 Å². The van der Waals surface area contributed by atoms with Gasteiger partial charge in [-0.25, -0.2) is 4.39 Å². The van der Waals surface area contributed by atoms with Crippen LogP contribution in [-0.2, 0) is 27.8 Å². The SMILES string of the molecule is Cn1cc(C(=O)Nc2cc(F)c(CC(=O)CC(OC3CCCCC3C(=O)O)N3CCCC3)cc2Cl)c2ccccc21. The summed E-state index contributed by atoms with van der Waals surface area (Å²) in [5.41, 5.74) is 1.58. The highest BCUT2D eigenvalue weighted by molar-refractivity contribution is 6.34. The highest BCUT2D eigenvalue weighted by atomic mass is 35.5. The third kappa shape index (κ3) is 6.63. The van der Waals surface area contributed by atoms with Crippen LogP contribution in [0.4, 0.5) is 10.1 Å². The number of fused-ring (bicyclic) bond motifs is 1. The fraction of sp³-hybridized carbons (Fsp3) is 0.452. The maximum Gasteiger partial charge on any atom is 0.309 e. The van der Waals surface area contributed by atoms with Crippen molar-refractivity contribution >= 4 is 45.9 Å². The molecule has 2 N–H and O–H groups in total. The lowest BCUT2D eigenvalue weighted by atomic mass is 9.86. The second-order valence-corrected chi connectivity index (χ2v) is 11.5. The van der Waals surface area contributed by atoms with Gasteiger partial charge in [-0.05, 0) is 49.4 Å². The third-order valence-corrected chi connectivity index (χ3v) is 8.53. The summed E-state index contributed by atoms with van der Waals surface area (Å²) in [5.74, 6) is -2.75. The zero-order chi connectivity index (χ0) is 29.1. The first-order valence-electron chi connectivity index (χ1n) is 14.2. The molecule has 1 saturated carbocycles. The largest absolute Gasteiger partial charge is 0.481 e. The van der Waals surface area contributed by atoms with Crippen molar-refractivity contribution in [3.05, 3.63) is 64.6 Å². The molecule has 2 aliphatic rings. The fourth-order valence-corrected chi connectivity index (χ4v) is 6.28. The molecule has 2 aromatic carbocycles. The summed E-state index contributed by atoms with van der Waals surface area (Å²) in [6.07, 6.45) is 5.47. The average Bonchev–Trinajstić information content (AvgIpc) is 3.60. The summed E-state index contributed by atoms with van der Waals surface area (Å²) in [4.78, 5) is 40.1. The molecule has 1 aliphatic heterocycles. The third-order valence-electron chi connectivity index (χ3n) is 8.22. The number of aromatic nitrogens is 1. The summed E-state index contributed by atoms with van der Waals surface area (Å²) in [6, 6.07) is 10.00. The lowest BCUT2D eigenvalue weighted by Crippen LogP contribution is -2.44. The summed E-state index contributed by atoms with van der Waals surface area (Å²) in [5, 5.41) is 13.3. The lowest BCUT2D eigenvalue weighted by molar-refractivity contribution is -0.163. The fourth-order valence-electron chi connectivity index (χ4n) is 6.05. The van der Waals surface area contributed by atoms with Crippen molar-refractivity contribution in [2.24, 2.45) is 13.0 Å². The van der Waals surface area contributed by atoms with Crippen LogP contribution in [0.5, 0.6) is 0 Å². The molecule has 0 spiro atoms. The van der Waals surface area contributed by atoms with E-state index in [1.165, 1.54) is 6.07 Å². The molecule has 0 bridgehead atoms. The van der Waals surface area contributed by atoms with Gasteiger partial charge in [0.15, 0.2) is 0 Å². The van der Waals surface area contributed by atoms with Crippen molar-refractivity contribution in [3.63, 3.8) is 0 Å². The maximum atomic E-state index is 15.2. The molecule has 3 atom stereocenters. The number of carboxylic acids is 1. The number of anilines is 1. The van der Waals surface area contributed by atoms with Crippen molar-refractivity contribution in [1.82, 2.24) is 9.47 Å². The number of aryl methyl sites for hydroxylation is 1. The van der Waals surface area contributed by atoms with Crippen molar-refractivity contribution in [2.75, 3.05) is 18.4 Å². The maximum absolute atomic E-state index is 15.2. The van der Waals surface area contributed by atoms with Gasteiger partial charge >= 0.3 is 5.97 Å². The summed E-state index contributed by atoms with van der Waals surface area (Å²) >= 11 is 6.44. The number of aliphatic carboxylic acids is 1. The van der Waals surface area contributed by atoms with Crippen LogP contribution in [0.25, 0.3) is 10.9 Å². The number of ether oxygens (including phenoxy) is 1. The van der Waals surface area contributed by atoms with Crippen LogP contribution in [0.1, 0.15) is 60.9 Å². The smallest absolute Gasteiger partial charge is 0.309 e. The van der Waals surface area contributed by atoms with E-state index in [1.54, 1.807) is 6.20 Å². The molecule has 2 fully saturated rings. The Morgan fingerprint density at radius 1 is 1.12 bits per heavy atom. The molecule has 5 rings (SSSR count). The second kappa shape index (κ2) is 12.7. The minimum atomic E-state index is -0.870. The number of nitrogens with zero attached hydrogens (tertiary/aromatic N) is 2. The zero-order valence-electron chi connectivity index (χ0n) is 23.1. The minimum absolute atomic E-state index is 0.0272. The van der Waals surface area contributed by atoms with Crippen LogP contribution in [0, 0.1) is 11.7 Å². The molecule has 8 nitrogen and oxygen atoms in total. The van der Waals surface area contributed by atoms with Gasteiger partial charge in [-0.15, -0.1) is 0 Å². The van der Waals surface area contributed by atoms with Crippen LogP contribution in [0.3, 0.4) is 0 Å². The first kappa shape index (κ1) is 29.2. The van der Waals surface area contributed by atoms with Gasteiger partial charge in [-0.1, -0.05) is 42.6 Å². The lowest BCUT2D eigenvalue weighted by Gasteiger charge is -2.35. The standard InChI is InChI=1S/C31H35ClFN3O5/c1-35-18-23(21-8-2-4-10-27(21)35)30(38)34-26-17-25(33)19(15-24(26)32)14-20(37)16-29(36-12-6-7-13-36)41-28-11-5-3-9-22(28)31(39)40/h2,4,8,10,15,17-18,22,28-29H,3,5-7,9,11-14,16H2,1H3,(H,34,38)(H,39,40). The van der Waals surface area contributed by atoms with Gasteiger partial charge in [0, 0.05) is 50.1 Å². The van der Waals surface area contributed by atoms with E-state index in [0.717, 1.165) is 55.7 Å². The van der Waals surface area contributed by atoms with E-state index in [1.807, 2.05) is 35.9 Å². The first-order valence-corrected chi connectivity index (χ1v) is 14.6. The Labute approximate surface area is 243 Å². The number of halogens is 2. The Morgan fingerprint density at radius 2 is 1.85 bits per heavy atom. The molecule has 3 aromatic rings. The normalized spacial score (nSPS) is 20.3. The molecule has 3 unspecified atom stereocenters. The van der Waals surface area contributed by atoms with Crippen molar-refractivity contribution in [3.8, 4) is 0 Å². The molecule has 2 heterocycles. The van der Waals surface area contributed by atoms with Crippen LogP contribution < -0.4 is 5.32 Å². The van der Waals surface area contributed by atoms with E-state index in [2.05, 4.69) is 10.2 Å². The Balaban J connectivity index is 1.27. The number of Topliss-reactive ketones (excluding diaryl/α,β-unsaturated/α-hetero) is 1. The van der Waals surface area contributed by atoms with E-state index in [4.69, 9.17) is 16.3 Å². The number of hydrogen-bond acceptors (Lipinski definition) is 5. The Bertz CT molecular complexity index is 1450. The molecular weight excluding hydrogens is 549 g/mol. The minimum Gasteiger partial charge on any atom is -0.481 e. The van der Waals surface area contributed by atoms with Crippen LogP contribution in [-0.4, -0.2) is 57.7 Å². The number of carbonyl (C=O) groups is 3. The number of ketones is 1. The number of para-hydroxylation sites is 1. The molecule has 41 heavy (non-hydrogen) atoms. The summed E-state index contributed by atoms with van der Waals surface area (Å²) in [6.45, 7) is 1.54. The molecular formula is C31H35ClFN3O5. The van der Waals surface area contributed by atoms with Gasteiger partial charge in [-0.2, -0.15) is 0 Å². The van der Waals surface area contributed by atoms with E-state index in [0.29, 0.717) is 18.4 Å². The number of rotatable bonds is 10. The van der Waals surface area contributed by atoms with Gasteiger partial charge in [0.25, 0.3) is 5.91 Å². The zero-order valence-corrected chi connectivity index (χ0v) is 23.8. The molecule has 10 heteroatoms. The summed E-state index contributed by atoms with van der Waals surface area (Å²) < 4.78 is 23.3. The monoisotopic (exact) mass is 583 g/mol. The van der Waals surface area contributed by atoms with E-state index >= 15 is 4.39 Å². The molecule has 218 valence electrons. The van der Waals surface area contributed by atoms with Crippen molar-refractivity contribution < 1.29 is 28.6 Å². The highest BCUT2D eigenvalue weighted by Crippen LogP contribution is 2.31. The van der Waals surface area contributed by atoms with Crippen LogP contribution in [0.2, 0.25) is 5.02 Å². The number of hydrogen-bond donors (Lipinski definition) is 2. The number of amides is 1. The number of carboxylic acid groups (broad SMARTS) is 1. The van der Waals surface area contributed by atoms with Gasteiger partial charge < -0.3 is 19.7 Å². The molecule has 1 aliphatic carbocycles. The predicted octanol–water partition coefficient (Wildman–Crippen LogP) is 5.81. The molecule has 1 amide bonds. The molecule has 1 saturated heterocycles. The first-order chi connectivity index (χ1) is 19.7. The quantitative estimate of drug-likeness (QED) is 0.312. The number of likely N-dealkylation sites (tertiary alicyclic amines) is 1. The average molecular weight is 584 g/mol. The van der Waals surface area contributed by atoms with Gasteiger partial charge in [0.2, 0.25) is 0 Å². The Morgan fingerprint density at radius 3 is 2.61 bits per heavy atom. The Hall–Kier alpha value is -3.27. The predicted molar refractivity (Wildman–Crippen MR) is 155 cm³/mol. The van der Waals surface area contributed by atoms with Gasteiger partial charge in [-0.3, -0.25) is 19.3 Å². The van der Waals surface area contributed by atoms with Crippen LogP contribution in [0.15, 0.2) is 42.6 Å². The highest BCUT2D eigenvalue weighted by Gasteiger charge is 2.36. The van der Waals surface area contributed by atoms with Crippen molar-refractivity contribution in [2.45, 2.75) is 63.7 Å². The van der Waals surface area contributed by atoms with E-state index in [9.17, 15) is 19.5 Å². The number of nitrogens with one attached hydrogen (secondary N) is 1. The van der Waals surface area contributed by atoms with Gasteiger partial charge in [0.05, 0.1) is 28.3 Å². The number of benzene rings is 2. The van der Waals surface area contributed by atoms with E-state index in [-0.39, 0.29) is 34.9 Å². The summed E-state index contributed by atoms with van der Waals surface area (Å²) in [7, 11) is 1.84. The molecule has 0 radical (unpaired) electrons. The van der Waals surface area contributed by atoms with E-state index < -0.39 is 35.9 Å². The van der Waals surface area contributed by atoms with Gasteiger partial charge in [0.1, 0.15) is 17.8 Å². The number of carbonyl (C=O) groups excluding carboxylic acids is 2. The van der Waals surface area contributed by atoms with Crippen molar-refractivity contribution in [1.29, 1.82) is 0 Å². The molecule has 1 aromatic heterocycles. The second-order valence-electron chi connectivity index (χ2n) is 11.1.